The van der Waals surface area contributed by atoms with Gasteiger partial charge in [0.05, 0.1) is 4.90 Å². The van der Waals surface area contributed by atoms with Crippen molar-refractivity contribution in [3.8, 4) is 0 Å². The summed E-state index contributed by atoms with van der Waals surface area (Å²) in [6.45, 7) is 0.510. The molecule has 6 heteroatoms. The van der Waals surface area contributed by atoms with Crippen molar-refractivity contribution in [2.45, 2.75) is 43.4 Å². The van der Waals surface area contributed by atoms with E-state index in [1.807, 2.05) is 0 Å². The van der Waals surface area contributed by atoms with Gasteiger partial charge in [0, 0.05) is 12.2 Å². The van der Waals surface area contributed by atoms with Gasteiger partial charge in [-0.3, -0.25) is 5.84 Å². The van der Waals surface area contributed by atoms with Crippen LogP contribution in [0.3, 0.4) is 0 Å². The van der Waals surface area contributed by atoms with Crippen molar-refractivity contribution in [3.05, 3.63) is 24.3 Å². The minimum absolute atomic E-state index is 0.275. The normalized spacial score (nSPS) is 16.4. The number of rotatable bonds is 7. The SMILES string of the molecule is NNc1ccc(S(=O)(=O)NCCCC2CCCC2)cc1. The number of hydrazine groups is 1. The zero-order valence-corrected chi connectivity index (χ0v) is 12.5. The van der Waals surface area contributed by atoms with Crippen molar-refractivity contribution in [1.82, 2.24) is 4.72 Å². The van der Waals surface area contributed by atoms with E-state index in [1.54, 1.807) is 24.3 Å². The topological polar surface area (TPSA) is 84.2 Å². The summed E-state index contributed by atoms with van der Waals surface area (Å²) in [6, 6.07) is 6.39. The van der Waals surface area contributed by atoms with Crippen LogP contribution in [0.5, 0.6) is 0 Å². The van der Waals surface area contributed by atoms with E-state index in [9.17, 15) is 8.42 Å². The first-order valence-electron chi connectivity index (χ1n) is 7.18. The summed E-state index contributed by atoms with van der Waals surface area (Å²) >= 11 is 0. The van der Waals surface area contributed by atoms with E-state index in [4.69, 9.17) is 5.84 Å². The number of benzene rings is 1. The molecule has 2 rings (SSSR count). The van der Waals surface area contributed by atoms with Gasteiger partial charge < -0.3 is 5.43 Å². The van der Waals surface area contributed by atoms with Gasteiger partial charge in [0.1, 0.15) is 0 Å². The highest BCUT2D eigenvalue weighted by molar-refractivity contribution is 7.89. The van der Waals surface area contributed by atoms with Crippen molar-refractivity contribution < 1.29 is 8.42 Å². The summed E-state index contributed by atoms with van der Waals surface area (Å²) in [5.41, 5.74) is 3.16. The van der Waals surface area contributed by atoms with Gasteiger partial charge in [-0.05, 0) is 43.0 Å². The Morgan fingerprint density at radius 1 is 1.15 bits per heavy atom. The molecule has 0 saturated heterocycles. The smallest absolute Gasteiger partial charge is 0.240 e. The minimum Gasteiger partial charge on any atom is -0.324 e. The van der Waals surface area contributed by atoms with Crippen molar-refractivity contribution in [2.75, 3.05) is 12.0 Å². The number of anilines is 1. The predicted molar refractivity (Wildman–Crippen MR) is 80.6 cm³/mol. The Kier molecular flexibility index (Phi) is 5.39. The fourth-order valence-electron chi connectivity index (χ4n) is 2.71. The Balaban J connectivity index is 1.80. The van der Waals surface area contributed by atoms with Gasteiger partial charge in [0.25, 0.3) is 0 Å². The van der Waals surface area contributed by atoms with Crippen LogP contribution in [-0.4, -0.2) is 15.0 Å². The van der Waals surface area contributed by atoms with Crippen molar-refractivity contribution in [3.63, 3.8) is 0 Å². The lowest BCUT2D eigenvalue weighted by molar-refractivity contribution is 0.480. The summed E-state index contributed by atoms with van der Waals surface area (Å²) in [5, 5.41) is 0. The van der Waals surface area contributed by atoms with Crippen molar-refractivity contribution in [1.29, 1.82) is 0 Å². The molecule has 4 N–H and O–H groups in total. The Labute approximate surface area is 121 Å². The molecule has 0 heterocycles. The number of nitrogens with one attached hydrogen (secondary N) is 2. The first kappa shape index (κ1) is 15.3. The summed E-state index contributed by atoms with van der Waals surface area (Å²) in [6.07, 6.45) is 7.31. The second-order valence-electron chi connectivity index (χ2n) is 5.36. The molecule has 5 nitrogen and oxygen atoms in total. The first-order chi connectivity index (χ1) is 9.62. The standard InChI is InChI=1S/C14H23N3O2S/c15-17-13-7-9-14(10-8-13)20(18,19)16-11-3-6-12-4-1-2-5-12/h7-10,12,16-17H,1-6,11,15H2. The van der Waals surface area contributed by atoms with Gasteiger partial charge >= 0.3 is 0 Å². The Morgan fingerprint density at radius 2 is 1.80 bits per heavy atom. The molecule has 0 aliphatic heterocycles. The number of nitrogens with two attached hydrogens (primary N) is 1. The van der Waals surface area contributed by atoms with Crippen LogP contribution in [0.4, 0.5) is 5.69 Å². The molecule has 0 radical (unpaired) electrons. The van der Waals surface area contributed by atoms with Crippen LogP contribution in [0.15, 0.2) is 29.2 Å². The zero-order valence-electron chi connectivity index (χ0n) is 11.6. The minimum atomic E-state index is -3.40. The van der Waals surface area contributed by atoms with Crippen LogP contribution >= 0.6 is 0 Å². The van der Waals surface area contributed by atoms with Crippen molar-refractivity contribution >= 4 is 15.7 Å². The predicted octanol–water partition coefficient (Wildman–Crippen LogP) is 2.22. The summed E-state index contributed by atoms with van der Waals surface area (Å²) in [4.78, 5) is 0.275. The lowest BCUT2D eigenvalue weighted by Gasteiger charge is -2.10. The average Bonchev–Trinajstić information content (AvgIpc) is 2.97. The molecule has 1 fully saturated rings. The van der Waals surface area contributed by atoms with E-state index in [0.29, 0.717) is 12.2 Å². The van der Waals surface area contributed by atoms with E-state index in [2.05, 4.69) is 10.1 Å². The molecule has 0 unspecified atom stereocenters. The Bertz CT molecular complexity index is 508. The summed E-state index contributed by atoms with van der Waals surface area (Å²) in [7, 11) is -3.40. The van der Waals surface area contributed by atoms with Crippen LogP contribution in [0.1, 0.15) is 38.5 Å². The third kappa shape index (κ3) is 4.19. The van der Waals surface area contributed by atoms with E-state index in [0.717, 1.165) is 18.8 Å². The summed E-state index contributed by atoms with van der Waals surface area (Å²) < 4.78 is 26.8. The van der Waals surface area contributed by atoms with E-state index in [1.165, 1.54) is 25.7 Å². The second-order valence-corrected chi connectivity index (χ2v) is 7.13. The quantitative estimate of drug-likeness (QED) is 0.409. The van der Waals surface area contributed by atoms with Gasteiger partial charge in [-0.2, -0.15) is 0 Å². The van der Waals surface area contributed by atoms with E-state index < -0.39 is 10.0 Å². The van der Waals surface area contributed by atoms with E-state index in [-0.39, 0.29) is 4.90 Å². The Morgan fingerprint density at radius 3 is 2.40 bits per heavy atom. The molecule has 112 valence electrons. The van der Waals surface area contributed by atoms with Crippen LogP contribution in [-0.2, 0) is 10.0 Å². The monoisotopic (exact) mass is 297 g/mol. The molecular formula is C14H23N3O2S. The third-order valence-electron chi connectivity index (χ3n) is 3.89. The van der Waals surface area contributed by atoms with Crippen LogP contribution in [0.25, 0.3) is 0 Å². The maximum atomic E-state index is 12.1. The molecule has 0 aromatic heterocycles. The van der Waals surface area contributed by atoms with Crippen LogP contribution < -0.4 is 16.0 Å². The average molecular weight is 297 g/mol. The zero-order chi connectivity index (χ0) is 14.4. The van der Waals surface area contributed by atoms with Gasteiger partial charge in [0.15, 0.2) is 0 Å². The van der Waals surface area contributed by atoms with Crippen LogP contribution in [0.2, 0.25) is 0 Å². The molecule has 1 saturated carbocycles. The molecule has 1 aliphatic carbocycles. The maximum Gasteiger partial charge on any atom is 0.240 e. The lowest BCUT2D eigenvalue weighted by atomic mass is 10.0. The number of sulfonamides is 1. The molecule has 0 atom stereocenters. The Hall–Kier alpha value is -1.11. The number of hydrogen-bond acceptors (Lipinski definition) is 4. The fourth-order valence-corrected chi connectivity index (χ4v) is 3.78. The number of hydrogen-bond donors (Lipinski definition) is 3. The molecular weight excluding hydrogens is 274 g/mol. The largest absolute Gasteiger partial charge is 0.324 e. The second kappa shape index (κ2) is 7.06. The highest BCUT2D eigenvalue weighted by Gasteiger charge is 2.16. The maximum absolute atomic E-state index is 12.1. The molecule has 0 amide bonds. The molecule has 1 aromatic carbocycles. The highest BCUT2D eigenvalue weighted by atomic mass is 32.2. The van der Waals surface area contributed by atoms with Gasteiger partial charge in [-0.15, -0.1) is 0 Å². The lowest BCUT2D eigenvalue weighted by Crippen LogP contribution is -2.25. The third-order valence-corrected chi connectivity index (χ3v) is 5.36. The van der Waals surface area contributed by atoms with Crippen LogP contribution in [0, 0.1) is 5.92 Å². The summed E-state index contributed by atoms with van der Waals surface area (Å²) in [5.74, 6) is 6.05. The first-order valence-corrected chi connectivity index (χ1v) is 8.66. The molecule has 0 bridgehead atoms. The molecule has 1 aliphatic rings. The highest BCUT2D eigenvalue weighted by Crippen LogP contribution is 2.28. The van der Waals surface area contributed by atoms with E-state index >= 15 is 0 Å². The fraction of sp³-hybridized carbons (Fsp3) is 0.571. The van der Waals surface area contributed by atoms with Gasteiger partial charge in [0.2, 0.25) is 10.0 Å². The van der Waals surface area contributed by atoms with Gasteiger partial charge in [-0.25, -0.2) is 13.1 Å². The molecule has 0 spiro atoms. The molecule has 20 heavy (non-hydrogen) atoms. The molecule has 1 aromatic rings. The van der Waals surface area contributed by atoms with Crippen molar-refractivity contribution in [2.24, 2.45) is 11.8 Å². The van der Waals surface area contributed by atoms with Gasteiger partial charge in [-0.1, -0.05) is 25.7 Å². The number of nitrogen functional groups attached to an aromatic ring is 1.